The molecular weight excluding hydrogens is 358 g/mol. The molecule has 0 radical (unpaired) electrons. The summed E-state index contributed by atoms with van der Waals surface area (Å²) < 4.78 is 0. The van der Waals surface area contributed by atoms with Crippen molar-refractivity contribution in [2.24, 2.45) is 0 Å². The third kappa shape index (κ3) is 2.89. The molecule has 3 heterocycles. The number of para-hydroxylation sites is 1. The van der Waals surface area contributed by atoms with Gasteiger partial charge in [0.2, 0.25) is 0 Å². The minimum absolute atomic E-state index is 0.222. The van der Waals surface area contributed by atoms with Crippen LogP contribution in [0.4, 0.5) is 0 Å². The molecule has 1 saturated heterocycles. The number of rotatable bonds is 3. The minimum Gasteiger partial charge on any atom is -0.357 e. The molecule has 2 fully saturated rings. The van der Waals surface area contributed by atoms with E-state index in [1.165, 1.54) is 22.2 Å². The van der Waals surface area contributed by atoms with Gasteiger partial charge in [-0.25, -0.2) is 0 Å². The zero-order valence-electron chi connectivity index (χ0n) is 16.7. The Bertz CT molecular complexity index is 1050. The number of piperidine rings is 1. The predicted octanol–water partition coefficient (Wildman–Crippen LogP) is 4.53. The largest absolute Gasteiger partial charge is 0.357 e. The van der Waals surface area contributed by atoms with E-state index < -0.39 is 0 Å². The number of nitrogens with one attached hydrogen (secondary N) is 1. The molecule has 148 valence electrons. The van der Waals surface area contributed by atoms with Crippen LogP contribution in [0.3, 0.4) is 0 Å². The van der Waals surface area contributed by atoms with E-state index in [1.54, 1.807) is 0 Å². The van der Waals surface area contributed by atoms with E-state index in [2.05, 4.69) is 39.0 Å². The molecular formula is C25H27N3O. The molecule has 1 amide bonds. The monoisotopic (exact) mass is 385 g/mol. The Hall–Kier alpha value is -2.59. The lowest BCUT2D eigenvalue weighted by atomic mass is 9.87. The van der Waals surface area contributed by atoms with Gasteiger partial charge in [-0.1, -0.05) is 36.4 Å². The maximum absolute atomic E-state index is 13.4. The first-order valence-corrected chi connectivity index (χ1v) is 11.0. The molecule has 0 spiro atoms. The fourth-order valence-corrected chi connectivity index (χ4v) is 5.56. The third-order valence-electron chi connectivity index (χ3n) is 7.10. The number of fused-ring (bicyclic) bond motifs is 5. The quantitative estimate of drug-likeness (QED) is 0.719. The molecule has 1 unspecified atom stereocenters. The number of hydrogen-bond acceptors (Lipinski definition) is 2. The molecule has 3 aromatic rings. The Labute approximate surface area is 171 Å². The molecule has 1 aromatic heterocycles. The Morgan fingerprint density at radius 3 is 2.55 bits per heavy atom. The second kappa shape index (κ2) is 6.74. The zero-order chi connectivity index (χ0) is 19.4. The second-order valence-electron chi connectivity index (χ2n) is 8.85. The van der Waals surface area contributed by atoms with E-state index in [0.29, 0.717) is 18.1 Å². The third-order valence-corrected chi connectivity index (χ3v) is 7.10. The van der Waals surface area contributed by atoms with Crippen LogP contribution < -0.4 is 0 Å². The molecule has 29 heavy (non-hydrogen) atoms. The van der Waals surface area contributed by atoms with Crippen LogP contribution in [0.1, 0.15) is 53.3 Å². The highest BCUT2D eigenvalue weighted by molar-refractivity contribution is 5.94. The van der Waals surface area contributed by atoms with Crippen molar-refractivity contribution in [3.8, 4) is 0 Å². The van der Waals surface area contributed by atoms with Gasteiger partial charge in [-0.15, -0.1) is 0 Å². The summed E-state index contributed by atoms with van der Waals surface area (Å²) in [5.41, 5.74) is 4.97. The molecule has 2 atom stereocenters. The molecule has 6 rings (SSSR count). The van der Waals surface area contributed by atoms with E-state index in [0.717, 1.165) is 50.8 Å². The van der Waals surface area contributed by atoms with Crippen molar-refractivity contribution in [3.05, 3.63) is 71.4 Å². The number of aromatic amines is 1. The van der Waals surface area contributed by atoms with Crippen LogP contribution in [0.5, 0.6) is 0 Å². The molecule has 3 aliphatic rings. The Kier molecular flexibility index (Phi) is 4.01. The number of amides is 1. The van der Waals surface area contributed by atoms with Crippen molar-refractivity contribution in [1.82, 2.24) is 14.8 Å². The van der Waals surface area contributed by atoms with Gasteiger partial charge in [-0.05, 0) is 55.9 Å². The fraction of sp³-hybridized carbons (Fsp3) is 0.400. The smallest absolute Gasteiger partial charge is 0.254 e. The van der Waals surface area contributed by atoms with Gasteiger partial charge in [0.25, 0.3) is 5.91 Å². The number of benzene rings is 2. The number of nitrogens with zero attached hydrogens (tertiary/aromatic N) is 2. The van der Waals surface area contributed by atoms with Gasteiger partial charge in [0.1, 0.15) is 0 Å². The summed E-state index contributed by atoms with van der Waals surface area (Å²) in [6.07, 6.45) is 5.55. The molecule has 0 bridgehead atoms. The van der Waals surface area contributed by atoms with Crippen LogP contribution >= 0.6 is 0 Å². The van der Waals surface area contributed by atoms with Crippen LogP contribution in [0.15, 0.2) is 54.6 Å². The molecule has 2 aromatic carbocycles. The van der Waals surface area contributed by atoms with E-state index in [4.69, 9.17) is 0 Å². The van der Waals surface area contributed by atoms with Crippen LogP contribution in [-0.4, -0.2) is 45.9 Å². The zero-order valence-corrected chi connectivity index (χ0v) is 16.7. The Balaban J connectivity index is 1.33. The van der Waals surface area contributed by atoms with Gasteiger partial charge in [0, 0.05) is 47.3 Å². The Morgan fingerprint density at radius 2 is 1.72 bits per heavy atom. The van der Waals surface area contributed by atoms with Crippen molar-refractivity contribution >= 4 is 16.8 Å². The average molecular weight is 386 g/mol. The number of carbonyl (C=O) groups excluding carboxylic acids is 1. The number of H-pyrrole nitrogens is 1. The molecule has 1 aliphatic carbocycles. The van der Waals surface area contributed by atoms with E-state index in [9.17, 15) is 4.79 Å². The van der Waals surface area contributed by atoms with Gasteiger partial charge in [-0.2, -0.15) is 0 Å². The molecule has 1 saturated carbocycles. The summed E-state index contributed by atoms with van der Waals surface area (Å²) in [4.78, 5) is 22.0. The highest BCUT2D eigenvalue weighted by Crippen LogP contribution is 2.42. The predicted molar refractivity (Wildman–Crippen MR) is 115 cm³/mol. The summed E-state index contributed by atoms with van der Waals surface area (Å²) >= 11 is 0. The number of carbonyl (C=O) groups is 1. The topological polar surface area (TPSA) is 39.3 Å². The SMILES string of the molecule is O=C(c1ccccc1)N(C1CC1)C1CCN2CCc3c([nH]c4ccccc34)[C@@H]2C1. The van der Waals surface area contributed by atoms with Gasteiger partial charge < -0.3 is 9.88 Å². The summed E-state index contributed by atoms with van der Waals surface area (Å²) in [5.74, 6) is 0.222. The fourth-order valence-electron chi connectivity index (χ4n) is 5.56. The lowest BCUT2D eigenvalue weighted by Crippen LogP contribution is -2.51. The lowest BCUT2D eigenvalue weighted by Gasteiger charge is -2.45. The van der Waals surface area contributed by atoms with E-state index >= 15 is 0 Å². The van der Waals surface area contributed by atoms with Crippen LogP contribution in [0.25, 0.3) is 10.9 Å². The van der Waals surface area contributed by atoms with Crippen molar-refractivity contribution in [2.75, 3.05) is 13.1 Å². The Morgan fingerprint density at radius 1 is 0.931 bits per heavy atom. The van der Waals surface area contributed by atoms with Crippen molar-refractivity contribution in [3.63, 3.8) is 0 Å². The minimum atomic E-state index is 0.222. The first-order chi connectivity index (χ1) is 14.3. The lowest BCUT2D eigenvalue weighted by molar-refractivity contribution is 0.0392. The standard InChI is InChI=1S/C25H27N3O/c29-25(17-6-2-1-3-7-17)28(18-10-11-18)19-12-14-27-15-13-21-20-8-4-5-9-22(20)26-24(21)23(27)16-19/h1-9,18-19,23,26H,10-16H2/t19?,23-/m0/s1. The maximum atomic E-state index is 13.4. The van der Waals surface area contributed by atoms with E-state index in [-0.39, 0.29) is 5.91 Å². The average Bonchev–Trinajstić information content (AvgIpc) is 3.53. The van der Waals surface area contributed by atoms with Gasteiger partial charge >= 0.3 is 0 Å². The molecule has 1 N–H and O–H groups in total. The van der Waals surface area contributed by atoms with Crippen LogP contribution in [0, 0.1) is 0 Å². The summed E-state index contributed by atoms with van der Waals surface area (Å²) in [5, 5.41) is 1.38. The number of aromatic nitrogens is 1. The van der Waals surface area contributed by atoms with Crippen molar-refractivity contribution < 1.29 is 4.79 Å². The first kappa shape index (κ1) is 17.3. The highest BCUT2D eigenvalue weighted by Gasteiger charge is 2.43. The van der Waals surface area contributed by atoms with Crippen LogP contribution in [-0.2, 0) is 6.42 Å². The summed E-state index contributed by atoms with van der Waals surface area (Å²) in [7, 11) is 0. The van der Waals surface area contributed by atoms with Gasteiger partial charge in [0.15, 0.2) is 0 Å². The molecule has 2 aliphatic heterocycles. The maximum Gasteiger partial charge on any atom is 0.254 e. The van der Waals surface area contributed by atoms with Gasteiger partial charge in [0.05, 0.1) is 6.04 Å². The number of hydrogen-bond donors (Lipinski definition) is 1. The van der Waals surface area contributed by atoms with Crippen LogP contribution in [0.2, 0.25) is 0 Å². The van der Waals surface area contributed by atoms with Gasteiger partial charge in [-0.3, -0.25) is 9.69 Å². The first-order valence-electron chi connectivity index (χ1n) is 11.0. The summed E-state index contributed by atoms with van der Waals surface area (Å²) in [6.45, 7) is 2.21. The molecule has 4 nitrogen and oxygen atoms in total. The van der Waals surface area contributed by atoms with E-state index in [1.807, 2.05) is 30.3 Å². The molecule has 4 heteroatoms. The van der Waals surface area contributed by atoms with Crippen molar-refractivity contribution in [2.45, 2.75) is 50.2 Å². The van der Waals surface area contributed by atoms with Crippen molar-refractivity contribution in [1.29, 1.82) is 0 Å². The second-order valence-corrected chi connectivity index (χ2v) is 8.85. The highest BCUT2D eigenvalue weighted by atomic mass is 16.2. The summed E-state index contributed by atoms with van der Waals surface area (Å²) in [6, 6.07) is 19.7. The normalized spacial score (nSPS) is 24.1.